The molecular weight excluding hydrogens is 311 g/mol. The first-order valence-electron chi connectivity index (χ1n) is 7.99. The van der Waals surface area contributed by atoms with Crippen LogP contribution in [0.2, 0.25) is 0 Å². The number of nitrogens with one attached hydrogen (secondary N) is 1. The lowest BCUT2D eigenvalue weighted by Crippen LogP contribution is -2.34. The number of rotatable bonds is 4. The molecule has 2 N–H and O–H groups in total. The fourth-order valence-electron chi connectivity index (χ4n) is 2.75. The Morgan fingerprint density at radius 2 is 1.96 bits per heavy atom. The average Bonchev–Trinajstić information content (AvgIpc) is 2.58. The Kier molecular flexibility index (Phi) is 5.05. The summed E-state index contributed by atoms with van der Waals surface area (Å²) >= 11 is 0. The van der Waals surface area contributed by atoms with E-state index in [1.165, 1.54) is 12.3 Å². The quantitative estimate of drug-likeness (QED) is 0.845. The van der Waals surface area contributed by atoms with Crippen LogP contribution < -0.4 is 10.1 Å². The Labute approximate surface area is 139 Å². The molecule has 2 aromatic rings. The first-order valence-corrected chi connectivity index (χ1v) is 7.99. The molecule has 0 bridgehead atoms. The van der Waals surface area contributed by atoms with E-state index in [0.717, 1.165) is 31.7 Å². The summed E-state index contributed by atoms with van der Waals surface area (Å²) in [5, 5.41) is 12.6. The van der Waals surface area contributed by atoms with Gasteiger partial charge in [-0.05, 0) is 49.6 Å². The van der Waals surface area contributed by atoms with Crippen molar-refractivity contribution in [3.05, 3.63) is 54.1 Å². The highest BCUT2D eigenvalue weighted by atomic mass is 19.1. The number of aliphatic hydroxyl groups excluding tert-OH is 1. The van der Waals surface area contributed by atoms with Crippen molar-refractivity contribution in [3.63, 3.8) is 0 Å². The summed E-state index contributed by atoms with van der Waals surface area (Å²) in [6.45, 7) is 0. The monoisotopic (exact) mass is 330 g/mol. The number of benzene rings is 1. The van der Waals surface area contributed by atoms with Gasteiger partial charge in [0, 0.05) is 23.5 Å². The number of carbonyl (C=O) groups is 1. The van der Waals surface area contributed by atoms with Gasteiger partial charge < -0.3 is 15.2 Å². The number of hydrogen-bond donors (Lipinski definition) is 2. The number of hydrogen-bond acceptors (Lipinski definition) is 4. The lowest BCUT2D eigenvalue weighted by atomic mass is 9.95. The SMILES string of the molecule is O=C(Nc1ccc(OC2CCCCC2O)cc1)c1ccnc(F)c1. The lowest BCUT2D eigenvalue weighted by molar-refractivity contribution is 0.00688. The zero-order valence-corrected chi connectivity index (χ0v) is 13.1. The number of pyridine rings is 1. The molecule has 0 spiro atoms. The fourth-order valence-corrected chi connectivity index (χ4v) is 2.75. The van der Waals surface area contributed by atoms with E-state index >= 15 is 0 Å². The standard InChI is InChI=1S/C18H19FN2O3/c19-17-11-12(9-10-20-17)18(23)21-13-5-7-14(8-6-13)24-16-4-2-1-3-15(16)22/h5-11,15-16,22H,1-4H2,(H,21,23). The minimum atomic E-state index is -0.697. The number of amides is 1. The maximum atomic E-state index is 13.0. The summed E-state index contributed by atoms with van der Waals surface area (Å²) in [7, 11) is 0. The average molecular weight is 330 g/mol. The van der Waals surface area contributed by atoms with E-state index < -0.39 is 18.0 Å². The Morgan fingerprint density at radius 3 is 2.67 bits per heavy atom. The Balaban J connectivity index is 1.61. The first-order chi connectivity index (χ1) is 11.6. The van der Waals surface area contributed by atoms with Crippen LogP contribution in [0.15, 0.2) is 42.6 Å². The van der Waals surface area contributed by atoms with E-state index in [0.29, 0.717) is 11.4 Å². The van der Waals surface area contributed by atoms with Gasteiger partial charge in [-0.2, -0.15) is 4.39 Å². The van der Waals surface area contributed by atoms with Crippen LogP contribution in [-0.4, -0.2) is 28.2 Å². The third-order valence-corrected chi connectivity index (χ3v) is 4.06. The number of ether oxygens (including phenoxy) is 1. The molecule has 2 atom stereocenters. The third kappa shape index (κ3) is 4.08. The Hall–Kier alpha value is -2.47. The molecular formula is C18H19FN2O3. The van der Waals surface area contributed by atoms with Crippen LogP contribution in [-0.2, 0) is 0 Å². The van der Waals surface area contributed by atoms with E-state index in [4.69, 9.17) is 4.74 Å². The van der Waals surface area contributed by atoms with E-state index in [2.05, 4.69) is 10.3 Å². The molecule has 6 heteroatoms. The maximum Gasteiger partial charge on any atom is 0.255 e. The van der Waals surface area contributed by atoms with Gasteiger partial charge in [0.05, 0.1) is 6.10 Å². The number of nitrogens with zero attached hydrogens (tertiary/aromatic N) is 1. The normalized spacial score (nSPS) is 20.4. The van der Waals surface area contributed by atoms with Crippen molar-refractivity contribution in [3.8, 4) is 5.75 Å². The van der Waals surface area contributed by atoms with Crippen LogP contribution in [0.4, 0.5) is 10.1 Å². The van der Waals surface area contributed by atoms with Gasteiger partial charge in [-0.1, -0.05) is 6.42 Å². The molecule has 1 aromatic carbocycles. The van der Waals surface area contributed by atoms with Gasteiger partial charge >= 0.3 is 0 Å². The van der Waals surface area contributed by atoms with Crippen molar-refractivity contribution < 1.29 is 19.0 Å². The molecule has 5 nitrogen and oxygen atoms in total. The number of anilines is 1. The first kappa shape index (κ1) is 16.4. The molecule has 1 aromatic heterocycles. The molecule has 0 saturated heterocycles. The summed E-state index contributed by atoms with van der Waals surface area (Å²) in [5.41, 5.74) is 0.780. The largest absolute Gasteiger partial charge is 0.488 e. The second-order valence-electron chi connectivity index (χ2n) is 5.85. The summed E-state index contributed by atoms with van der Waals surface area (Å²) < 4.78 is 18.9. The predicted molar refractivity (Wildman–Crippen MR) is 87.5 cm³/mol. The van der Waals surface area contributed by atoms with Crippen molar-refractivity contribution in [2.24, 2.45) is 0 Å². The van der Waals surface area contributed by atoms with Crippen molar-refractivity contribution >= 4 is 11.6 Å². The highest BCUT2D eigenvalue weighted by Gasteiger charge is 2.24. The number of halogens is 1. The third-order valence-electron chi connectivity index (χ3n) is 4.06. The molecule has 1 aliphatic carbocycles. The zero-order chi connectivity index (χ0) is 16.9. The van der Waals surface area contributed by atoms with Gasteiger partial charge in [0.1, 0.15) is 11.9 Å². The van der Waals surface area contributed by atoms with Gasteiger partial charge in [-0.25, -0.2) is 4.98 Å². The zero-order valence-electron chi connectivity index (χ0n) is 13.1. The lowest BCUT2D eigenvalue weighted by Gasteiger charge is -2.28. The topological polar surface area (TPSA) is 71.5 Å². The van der Waals surface area contributed by atoms with Crippen LogP contribution in [0.5, 0.6) is 5.75 Å². The highest BCUT2D eigenvalue weighted by molar-refractivity contribution is 6.04. The number of aliphatic hydroxyl groups is 1. The summed E-state index contributed by atoms with van der Waals surface area (Å²) in [6, 6.07) is 9.42. The van der Waals surface area contributed by atoms with E-state index in [9.17, 15) is 14.3 Å². The summed E-state index contributed by atoms with van der Waals surface area (Å²) in [6.07, 6.45) is 4.32. The number of carbonyl (C=O) groups excluding carboxylic acids is 1. The summed E-state index contributed by atoms with van der Waals surface area (Å²) in [5.74, 6) is -0.459. The predicted octanol–water partition coefficient (Wildman–Crippen LogP) is 3.16. The van der Waals surface area contributed by atoms with Gasteiger partial charge in [0.2, 0.25) is 5.95 Å². The minimum Gasteiger partial charge on any atom is -0.488 e. The Bertz CT molecular complexity index is 706. The molecule has 3 rings (SSSR count). The second kappa shape index (κ2) is 7.40. The van der Waals surface area contributed by atoms with E-state index in [1.54, 1.807) is 24.3 Å². The summed E-state index contributed by atoms with van der Waals surface area (Å²) in [4.78, 5) is 15.5. The van der Waals surface area contributed by atoms with E-state index in [-0.39, 0.29) is 11.7 Å². The smallest absolute Gasteiger partial charge is 0.255 e. The maximum absolute atomic E-state index is 13.0. The van der Waals surface area contributed by atoms with Gasteiger partial charge in [-0.15, -0.1) is 0 Å². The molecule has 2 unspecified atom stereocenters. The van der Waals surface area contributed by atoms with Crippen LogP contribution in [0.1, 0.15) is 36.0 Å². The van der Waals surface area contributed by atoms with Crippen molar-refractivity contribution in [1.29, 1.82) is 0 Å². The van der Waals surface area contributed by atoms with Crippen LogP contribution in [0, 0.1) is 5.95 Å². The molecule has 1 aliphatic rings. The number of aromatic nitrogens is 1. The van der Waals surface area contributed by atoms with Crippen LogP contribution >= 0.6 is 0 Å². The van der Waals surface area contributed by atoms with Gasteiger partial charge in [0.25, 0.3) is 5.91 Å². The molecule has 1 amide bonds. The molecule has 1 fully saturated rings. The highest BCUT2D eigenvalue weighted by Crippen LogP contribution is 2.25. The second-order valence-corrected chi connectivity index (χ2v) is 5.85. The van der Waals surface area contributed by atoms with Crippen molar-refractivity contribution in [1.82, 2.24) is 4.98 Å². The fraction of sp³-hybridized carbons (Fsp3) is 0.333. The minimum absolute atomic E-state index is 0.181. The van der Waals surface area contributed by atoms with E-state index in [1.807, 2.05) is 0 Å². The van der Waals surface area contributed by atoms with Gasteiger partial charge in [-0.3, -0.25) is 4.79 Å². The molecule has 0 radical (unpaired) electrons. The molecule has 1 saturated carbocycles. The molecule has 126 valence electrons. The Morgan fingerprint density at radius 1 is 1.21 bits per heavy atom. The van der Waals surface area contributed by atoms with Crippen LogP contribution in [0.3, 0.4) is 0 Å². The van der Waals surface area contributed by atoms with Gasteiger partial charge in [0.15, 0.2) is 0 Å². The van der Waals surface area contributed by atoms with Crippen LogP contribution in [0.25, 0.3) is 0 Å². The molecule has 1 heterocycles. The molecule has 0 aliphatic heterocycles. The molecule has 24 heavy (non-hydrogen) atoms. The van der Waals surface area contributed by atoms with Crippen molar-refractivity contribution in [2.45, 2.75) is 37.9 Å². The van der Waals surface area contributed by atoms with Crippen molar-refractivity contribution in [2.75, 3.05) is 5.32 Å².